The van der Waals surface area contributed by atoms with Gasteiger partial charge in [-0.25, -0.2) is 0 Å². The smallest absolute Gasteiger partial charge is 0.132 e. The van der Waals surface area contributed by atoms with E-state index in [4.69, 9.17) is 4.99 Å². The van der Waals surface area contributed by atoms with Crippen LogP contribution in [0.4, 0.5) is 0 Å². The summed E-state index contributed by atoms with van der Waals surface area (Å²) in [4.78, 5) is 4.77. The molecule has 0 amide bonds. The molecule has 0 bridgehead atoms. The predicted octanol–water partition coefficient (Wildman–Crippen LogP) is 4.18. The minimum atomic E-state index is 0.260. The van der Waals surface area contributed by atoms with Crippen LogP contribution in [0.3, 0.4) is 0 Å². The first kappa shape index (κ1) is 15.5. The Morgan fingerprint density at radius 2 is 1.96 bits per heavy atom. The van der Waals surface area contributed by atoms with E-state index in [0.717, 1.165) is 26.1 Å². The van der Waals surface area contributed by atoms with Gasteiger partial charge < -0.3 is 5.32 Å². The Balaban J connectivity index is 1.78. The maximum absolute atomic E-state index is 4.77. The van der Waals surface area contributed by atoms with E-state index in [1.165, 1.54) is 29.2 Å². The van der Waals surface area contributed by atoms with Crippen LogP contribution in [0.2, 0.25) is 0 Å². The number of nitrogens with one attached hydrogen (secondary N) is 1. The van der Waals surface area contributed by atoms with Crippen LogP contribution in [0.5, 0.6) is 0 Å². The van der Waals surface area contributed by atoms with E-state index in [0.29, 0.717) is 11.8 Å². The van der Waals surface area contributed by atoms with Crippen molar-refractivity contribution in [1.82, 2.24) is 5.32 Å². The lowest BCUT2D eigenvalue weighted by molar-refractivity contribution is 0.290. The summed E-state index contributed by atoms with van der Waals surface area (Å²) in [5.74, 6) is 1.04. The average molecular weight is 320 g/mol. The van der Waals surface area contributed by atoms with E-state index in [9.17, 15) is 0 Å². The molecule has 1 saturated heterocycles. The summed E-state index contributed by atoms with van der Waals surface area (Å²) >= 11 is 0. The number of hydrogen-bond donors (Lipinski definition) is 1. The molecule has 2 aromatic carbocycles. The summed E-state index contributed by atoms with van der Waals surface area (Å²) in [6, 6.07) is 15.7. The van der Waals surface area contributed by atoms with Gasteiger partial charge in [0.05, 0.1) is 12.6 Å². The van der Waals surface area contributed by atoms with E-state index >= 15 is 0 Å². The Hall–Kier alpha value is -2.07. The van der Waals surface area contributed by atoms with Gasteiger partial charge in [0.1, 0.15) is 6.34 Å². The molecule has 3 atom stereocenters. The number of piperidine rings is 1. The van der Waals surface area contributed by atoms with Gasteiger partial charge in [-0.3, -0.25) is 4.99 Å². The second-order valence-corrected chi connectivity index (χ2v) is 6.80. The van der Waals surface area contributed by atoms with Crippen LogP contribution in [-0.4, -0.2) is 32.0 Å². The average Bonchev–Trinajstić information content (AvgIpc) is 2.93. The minimum absolute atomic E-state index is 0.260. The second kappa shape index (κ2) is 7.22. The van der Waals surface area contributed by atoms with E-state index in [2.05, 4.69) is 58.0 Å². The number of azo groups is 1. The zero-order valence-electron chi connectivity index (χ0n) is 13.9. The zero-order valence-corrected chi connectivity index (χ0v) is 13.9. The van der Waals surface area contributed by atoms with Crippen LogP contribution in [0.25, 0.3) is 10.8 Å². The maximum Gasteiger partial charge on any atom is 0.132 e. The molecule has 0 spiro atoms. The lowest BCUT2D eigenvalue weighted by Crippen LogP contribution is -2.37. The zero-order chi connectivity index (χ0) is 16.2. The third-order valence-corrected chi connectivity index (χ3v) is 5.36. The number of aliphatic imine (C=N–C) groups is 1. The van der Waals surface area contributed by atoms with Crippen molar-refractivity contribution in [3.63, 3.8) is 0 Å². The molecule has 1 unspecified atom stereocenters. The number of hydrogen-bond acceptors (Lipinski definition) is 4. The quantitative estimate of drug-likeness (QED) is 0.906. The molecule has 0 saturated carbocycles. The SMILES string of the molecule is C1=NC([C@H](c2cccc3ccccc23)[C@H]2CCCNC2)CCN=N1. The van der Waals surface area contributed by atoms with Gasteiger partial charge in [0.15, 0.2) is 0 Å². The molecule has 0 aromatic heterocycles. The molecule has 0 aliphatic carbocycles. The highest BCUT2D eigenvalue weighted by Crippen LogP contribution is 2.39. The Morgan fingerprint density at radius 3 is 2.88 bits per heavy atom. The Morgan fingerprint density at radius 1 is 1.04 bits per heavy atom. The highest BCUT2D eigenvalue weighted by molar-refractivity contribution is 5.86. The minimum Gasteiger partial charge on any atom is -0.316 e. The molecule has 0 radical (unpaired) electrons. The highest BCUT2D eigenvalue weighted by Gasteiger charge is 2.32. The molecule has 24 heavy (non-hydrogen) atoms. The van der Waals surface area contributed by atoms with Gasteiger partial charge in [-0.1, -0.05) is 42.5 Å². The molecule has 4 rings (SSSR count). The molecule has 2 aliphatic rings. The van der Waals surface area contributed by atoms with Gasteiger partial charge in [-0.05, 0) is 54.6 Å². The lowest BCUT2D eigenvalue weighted by Gasteiger charge is -2.35. The topological polar surface area (TPSA) is 49.1 Å². The third-order valence-electron chi connectivity index (χ3n) is 5.36. The Labute approximate surface area is 143 Å². The van der Waals surface area contributed by atoms with Gasteiger partial charge in [-0.2, -0.15) is 5.11 Å². The van der Waals surface area contributed by atoms with Crippen LogP contribution in [-0.2, 0) is 0 Å². The summed E-state index contributed by atoms with van der Waals surface area (Å²) in [5, 5.41) is 14.5. The van der Waals surface area contributed by atoms with Gasteiger partial charge >= 0.3 is 0 Å². The molecule has 124 valence electrons. The standard InChI is InChI=1S/C20H24N4/c1-2-8-17-15(5-1)6-3-9-18(17)20(16-7-4-11-21-13-16)19-10-12-23-24-14-22-19/h1-3,5-6,8-9,14,16,19-21H,4,7,10-13H2/t16-,19?,20-/m0/s1. The van der Waals surface area contributed by atoms with E-state index < -0.39 is 0 Å². The molecular formula is C20H24N4. The molecule has 2 aliphatic heterocycles. The number of fused-ring (bicyclic) bond motifs is 1. The van der Waals surface area contributed by atoms with Crippen LogP contribution in [0.15, 0.2) is 57.7 Å². The Kier molecular flexibility index (Phi) is 4.65. The van der Waals surface area contributed by atoms with Gasteiger partial charge in [0.2, 0.25) is 0 Å². The van der Waals surface area contributed by atoms with Gasteiger partial charge in [0, 0.05) is 5.92 Å². The monoisotopic (exact) mass is 320 g/mol. The van der Waals surface area contributed by atoms with Crippen LogP contribution in [0, 0.1) is 5.92 Å². The number of rotatable bonds is 3. The third kappa shape index (κ3) is 3.11. The fourth-order valence-electron chi connectivity index (χ4n) is 4.25. The molecule has 1 fully saturated rings. The Bertz CT molecular complexity index is 741. The first-order valence-corrected chi connectivity index (χ1v) is 9.00. The van der Waals surface area contributed by atoms with Crippen molar-refractivity contribution >= 4 is 17.1 Å². The molecule has 2 heterocycles. The van der Waals surface area contributed by atoms with Crippen molar-refractivity contribution in [3.8, 4) is 0 Å². The molecule has 1 N–H and O–H groups in total. The predicted molar refractivity (Wildman–Crippen MR) is 98.9 cm³/mol. The van der Waals surface area contributed by atoms with E-state index in [1.807, 2.05) is 0 Å². The normalized spacial score (nSPS) is 25.5. The van der Waals surface area contributed by atoms with Crippen molar-refractivity contribution in [3.05, 3.63) is 48.0 Å². The second-order valence-electron chi connectivity index (χ2n) is 6.80. The molecule has 2 aromatic rings. The summed E-state index contributed by atoms with van der Waals surface area (Å²) in [5.41, 5.74) is 1.44. The van der Waals surface area contributed by atoms with Crippen LogP contribution >= 0.6 is 0 Å². The van der Waals surface area contributed by atoms with Gasteiger partial charge in [0.25, 0.3) is 0 Å². The number of benzene rings is 2. The highest BCUT2D eigenvalue weighted by atomic mass is 15.1. The summed E-state index contributed by atoms with van der Waals surface area (Å²) < 4.78 is 0. The largest absolute Gasteiger partial charge is 0.316 e. The summed E-state index contributed by atoms with van der Waals surface area (Å²) in [7, 11) is 0. The lowest BCUT2D eigenvalue weighted by atomic mass is 9.75. The van der Waals surface area contributed by atoms with Crippen molar-refractivity contribution in [2.75, 3.05) is 19.6 Å². The van der Waals surface area contributed by atoms with Gasteiger partial charge in [-0.15, -0.1) is 5.11 Å². The molecule has 4 nitrogen and oxygen atoms in total. The summed E-state index contributed by atoms with van der Waals surface area (Å²) in [6.45, 7) is 2.98. The van der Waals surface area contributed by atoms with Crippen LogP contribution in [0.1, 0.15) is 30.7 Å². The molecule has 4 heteroatoms. The van der Waals surface area contributed by atoms with Crippen molar-refractivity contribution in [2.24, 2.45) is 21.1 Å². The van der Waals surface area contributed by atoms with Crippen molar-refractivity contribution in [2.45, 2.75) is 31.2 Å². The molecular weight excluding hydrogens is 296 g/mol. The van der Waals surface area contributed by atoms with Crippen molar-refractivity contribution < 1.29 is 0 Å². The maximum atomic E-state index is 4.77. The first-order valence-electron chi connectivity index (χ1n) is 9.00. The fraction of sp³-hybridized carbons (Fsp3) is 0.450. The number of nitrogens with zero attached hydrogens (tertiary/aromatic N) is 3. The van der Waals surface area contributed by atoms with E-state index in [1.54, 1.807) is 6.34 Å². The summed E-state index contributed by atoms with van der Waals surface area (Å²) in [6.07, 6.45) is 5.15. The van der Waals surface area contributed by atoms with Crippen LogP contribution < -0.4 is 5.32 Å². The first-order chi connectivity index (χ1) is 11.9. The van der Waals surface area contributed by atoms with E-state index in [-0.39, 0.29) is 6.04 Å². The fourth-order valence-corrected chi connectivity index (χ4v) is 4.25. The van der Waals surface area contributed by atoms with Crippen molar-refractivity contribution in [1.29, 1.82) is 0 Å².